The molecule has 0 unspecified atom stereocenters. The number of aromatic nitrogens is 3. The maximum atomic E-state index is 6.81. The van der Waals surface area contributed by atoms with Crippen molar-refractivity contribution in [3.8, 4) is 0 Å². The predicted molar refractivity (Wildman–Crippen MR) is 51.8 cm³/mol. The molecule has 0 fully saturated rings. The number of rotatable bonds is 2. The van der Waals surface area contributed by atoms with Crippen molar-refractivity contribution in [3.63, 3.8) is 0 Å². The van der Waals surface area contributed by atoms with Gasteiger partial charge in [-0.1, -0.05) is 24.3 Å². The molecule has 0 aliphatic heterocycles. The lowest BCUT2D eigenvalue weighted by Crippen LogP contribution is -1.99. The zero-order valence-corrected chi connectivity index (χ0v) is 7.46. The van der Waals surface area contributed by atoms with Gasteiger partial charge in [-0.2, -0.15) is 5.10 Å². The lowest BCUT2D eigenvalue weighted by molar-refractivity contribution is 0.685. The molecular formula is C10H8N4. The van der Waals surface area contributed by atoms with Crippen molar-refractivity contribution in [3.05, 3.63) is 53.9 Å². The minimum Gasteiger partial charge on any atom is -0.249 e. The van der Waals surface area contributed by atoms with Crippen molar-refractivity contribution in [2.24, 2.45) is 0 Å². The topological polar surface area (TPSA) is 35.1 Å². The summed E-state index contributed by atoms with van der Waals surface area (Å²) in [5.41, 5.74) is 1.77. The summed E-state index contributed by atoms with van der Waals surface area (Å²) in [4.78, 5) is 7.18. The summed E-state index contributed by atoms with van der Waals surface area (Å²) in [5.74, 6) is 0. The summed E-state index contributed by atoms with van der Waals surface area (Å²) in [5, 5.41) is 4.00. The Morgan fingerprint density at radius 3 is 2.64 bits per heavy atom. The number of hydrogen-bond donors (Lipinski definition) is 0. The summed E-state index contributed by atoms with van der Waals surface area (Å²) < 4.78 is 1.74. The van der Waals surface area contributed by atoms with Crippen LogP contribution in [0.5, 0.6) is 0 Å². The quantitative estimate of drug-likeness (QED) is 0.668. The molecule has 1 aromatic carbocycles. The van der Waals surface area contributed by atoms with Gasteiger partial charge in [0.25, 0.3) is 0 Å². The maximum absolute atomic E-state index is 6.81. The Hall–Kier alpha value is -2.15. The van der Waals surface area contributed by atoms with E-state index in [0.717, 1.165) is 5.56 Å². The van der Waals surface area contributed by atoms with Gasteiger partial charge in [-0.25, -0.2) is 14.5 Å². The second-order valence-corrected chi connectivity index (χ2v) is 2.87. The molecule has 68 valence electrons. The number of hydrogen-bond acceptors (Lipinski definition) is 2. The van der Waals surface area contributed by atoms with Crippen molar-refractivity contribution in [1.82, 2.24) is 14.8 Å². The lowest BCUT2D eigenvalue weighted by Gasteiger charge is -2.00. The summed E-state index contributed by atoms with van der Waals surface area (Å²) in [6.45, 7) is 7.50. The Morgan fingerprint density at radius 2 is 2.07 bits per heavy atom. The third-order valence-electron chi connectivity index (χ3n) is 1.88. The van der Waals surface area contributed by atoms with Crippen molar-refractivity contribution >= 4 is 5.69 Å². The van der Waals surface area contributed by atoms with E-state index in [4.69, 9.17) is 6.57 Å². The first-order chi connectivity index (χ1) is 6.88. The Morgan fingerprint density at radius 1 is 1.29 bits per heavy atom. The van der Waals surface area contributed by atoms with Gasteiger partial charge in [0.2, 0.25) is 0 Å². The van der Waals surface area contributed by atoms with E-state index in [1.807, 2.05) is 12.1 Å². The van der Waals surface area contributed by atoms with Crippen LogP contribution in [-0.2, 0) is 6.54 Å². The molecule has 2 rings (SSSR count). The predicted octanol–water partition coefficient (Wildman–Crippen LogP) is 1.88. The van der Waals surface area contributed by atoms with E-state index in [0.29, 0.717) is 12.2 Å². The fourth-order valence-corrected chi connectivity index (χ4v) is 1.18. The van der Waals surface area contributed by atoms with Crippen LogP contribution in [0.4, 0.5) is 5.69 Å². The largest absolute Gasteiger partial charge is 0.249 e. The smallest absolute Gasteiger partial charge is 0.187 e. The first kappa shape index (κ1) is 8.45. The van der Waals surface area contributed by atoms with Crippen LogP contribution in [0.2, 0.25) is 0 Å². The van der Waals surface area contributed by atoms with E-state index in [2.05, 4.69) is 14.9 Å². The molecule has 0 saturated carbocycles. The van der Waals surface area contributed by atoms with Gasteiger partial charge in [0, 0.05) is 0 Å². The summed E-state index contributed by atoms with van der Waals surface area (Å²) in [6.07, 6.45) is 3.18. The molecule has 1 aromatic heterocycles. The van der Waals surface area contributed by atoms with E-state index in [1.54, 1.807) is 23.1 Å². The monoisotopic (exact) mass is 184 g/mol. The Balaban J connectivity index is 2.15. The van der Waals surface area contributed by atoms with Crippen LogP contribution in [0.15, 0.2) is 36.9 Å². The van der Waals surface area contributed by atoms with Crippen molar-refractivity contribution in [1.29, 1.82) is 0 Å². The van der Waals surface area contributed by atoms with Gasteiger partial charge in [-0.05, 0) is 5.56 Å². The summed E-state index contributed by atoms with van der Waals surface area (Å²) >= 11 is 0. The van der Waals surface area contributed by atoms with Crippen LogP contribution >= 0.6 is 0 Å². The highest BCUT2D eigenvalue weighted by atomic mass is 15.3. The van der Waals surface area contributed by atoms with Gasteiger partial charge in [0.1, 0.15) is 12.7 Å². The molecule has 0 bridgehead atoms. The number of benzene rings is 1. The highest BCUT2D eigenvalue weighted by Gasteiger charge is 1.95. The van der Waals surface area contributed by atoms with Crippen molar-refractivity contribution < 1.29 is 0 Å². The van der Waals surface area contributed by atoms with Gasteiger partial charge in [0.05, 0.1) is 13.1 Å². The lowest BCUT2D eigenvalue weighted by atomic mass is 10.2. The molecule has 0 aliphatic carbocycles. The highest BCUT2D eigenvalue weighted by Crippen LogP contribution is 2.12. The molecular weight excluding hydrogens is 176 g/mol. The molecule has 0 atom stereocenters. The average molecular weight is 184 g/mol. The van der Waals surface area contributed by atoms with Gasteiger partial charge >= 0.3 is 0 Å². The molecule has 4 nitrogen and oxygen atoms in total. The van der Waals surface area contributed by atoms with E-state index in [9.17, 15) is 0 Å². The minimum absolute atomic E-state index is 0.660. The molecule has 0 aliphatic rings. The molecule has 0 spiro atoms. The van der Waals surface area contributed by atoms with Crippen LogP contribution in [0.25, 0.3) is 4.85 Å². The minimum atomic E-state index is 0.660. The van der Waals surface area contributed by atoms with E-state index in [-0.39, 0.29) is 0 Å². The first-order valence-electron chi connectivity index (χ1n) is 4.17. The maximum Gasteiger partial charge on any atom is 0.187 e. The Bertz CT molecular complexity index is 436. The van der Waals surface area contributed by atoms with Gasteiger partial charge in [-0.3, -0.25) is 0 Å². The van der Waals surface area contributed by atoms with Gasteiger partial charge in [-0.15, -0.1) is 0 Å². The zero-order chi connectivity index (χ0) is 9.80. The fourth-order valence-electron chi connectivity index (χ4n) is 1.18. The van der Waals surface area contributed by atoms with E-state index in [1.165, 1.54) is 6.33 Å². The Labute approximate surface area is 81.6 Å². The molecule has 0 N–H and O–H groups in total. The van der Waals surface area contributed by atoms with Crippen LogP contribution < -0.4 is 0 Å². The summed E-state index contributed by atoms with van der Waals surface area (Å²) in [7, 11) is 0. The number of nitrogens with zero attached hydrogens (tertiary/aromatic N) is 4. The fraction of sp³-hybridized carbons (Fsp3) is 0.100. The van der Waals surface area contributed by atoms with Crippen LogP contribution in [-0.4, -0.2) is 14.8 Å². The second kappa shape index (κ2) is 3.71. The summed E-state index contributed by atoms with van der Waals surface area (Å²) in [6, 6.07) is 7.46. The first-order valence-corrected chi connectivity index (χ1v) is 4.17. The molecule has 0 saturated heterocycles. The molecule has 4 heteroatoms. The third-order valence-corrected chi connectivity index (χ3v) is 1.88. The average Bonchev–Trinajstić information content (AvgIpc) is 2.72. The third kappa shape index (κ3) is 1.77. The van der Waals surface area contributed by atoms with E-state index >= 15 is 0 Å². The van der Waals surface area contributed by atoms with Gasteiger partial charge in [0.15, 0.2) is 5.69 Å². The molecule has 1 heterocycles. The van der Waals surface area contributed by atoms with Crippen LogP contribution in [0.3, 0.4) is 0 Å². The second-order valence-electron chi connectivity index (χ2n) is 2.87. The molecule has 14 heavy (non-hydrogen) atoms. The standard InChI is InChI=1S/C10H8N4/c1-11-10-4-2-9(3-5-10)6-14-8-12-7-13-14/h2-5,7-8H,6H2. The highest BCUT2D eigenvalue weighted by molar-refractivity contribution is 5.45. The van der Waals surface area contributed by atoms with E-state index < -0.39 is 0 Å². The van der Waals surface area contributed by atoms with Crippen LogP contribution in [0, 0.1) is 6.57 Å². The zero-order valence-electron chi connectivity index (χ0n) is 7.46. The Kier molecular flexibility index (Phi) is 2.24. The molecule has 0 amide bonds. The van der Waals surface area contributed by atoms with Crippen molar-refractivity contribution in [2.75, 3.05) is 0 Å². The normalized spacial score (nSPS) is 9.64. The van der Waals surface area contributed by atoms with Crippen LogP contribution in [0.1, 0.15) is 5.56 Å². The molecule has 0 radical (unpaired) electrons. The SMILES string of the molecule is [C-]#[N+]c1ccc(Cn2cncn2)cc1. The van der Waals surface area contributed by atoms with Gasteiger partial charge < -0.3 is 0 Å². The molecule has 2 aromatic rings. The van der Waals surface area contributed by atoms with Crippen molar-refractivity contribution in [2.45, 2.75) is 6.54 Å².